The minimum absolute atomic E-state index is 0.183. The van der Waals surface area contributed by atoms with Crippen LogP contribution in [-0.4, -0.2) is 51.0 Å². The zero-order chi connectivity index (χ0) is 24.2. The highest BCUT2D eigenvalue weighted by Crippen LogP contribution is 2.28. The zero-order valence-electron chi connectivity index (χ0n) is 19.3. The molecule has 2 amide bonds. The Kier molecular flexibility index (Phi) is 7.38. The van der Waals surface area contributed by atoms with Crippen LogP contribution in [0.15, 0.2) is 66.7 Å². The molecule has 3 rings (SSSR count). The summed E-state index contributed by atoms with van der Waals surface area (Å²) in [5, 5.41) is 4.16. The molecule has 0 heterocycles. The number of aryl methyl sites for hydroxylation is 1. The van der Waals surface area contributed by atoms with E-state index in [2.05, 4.69) is 5.32 Å². The van der Waals surface area contributed by atoms with Gasteiger partial charge in [-0.05, 0) is 30.9 Å². The molecule has 0 radical (unpaired) electrons. The van der Waals surface area contributed by atoms with Gasteiger partial charge in [-0.25, -0.2) is 8.42 Å². The summed E-state index contributed by atoms with van der Waals surface area (Å²) in [4.78, 5) is 27.3. The molecule has 7 nitrogen and oxygen atoms in total. The van der Waals surface area contributed by atoms with Crippen molar-refractivity contribution in [3.8, 4) is 0 Å². The molecule has 1 N–H and O–H groups in total. The Labute approximate surface area is 195 Å². The van der Waals surface area contributed by atoms with Crippen molar-refractivity contribution < 1.29 is 18.0 Å². The smallest absolute Gasteiger partial charge is 0.244 e. The minimum atomic E-state index is -3.78. The topological polar surface area (TPSA) is 86.8 Å². The van der Waals surface area contributed by atoms with Crippen LogP contribution >= 0.6 is 0 Å². The Hall–Kier alpha value is -3.39. The molecule has 0 unspecified atom stereocenters. The maximum Gasteiger partial charge on any atom is 0.244 e. The van der Waals surface area contributed by atoms with Crippen molar-refractivity contribution >= 4 is 38.3 Å². The van der Waals surface area contributed by atoms with E-state index in [4.69, 9.17) is 0 Å². The number of fused-ring (bicyclic) bond motifs is 1. The number of amides is 2. The first-order chi connectivity index (χ1) is 15.6. The lowest BCUT2D eigenvalue weighted by Gasteiger charge is -2.31. The van der Waals surface area contributed by atoms with Crippen molar-refractivity contribution in [3.63, 3.8) is 0 Å². The summed E-state index contributed by atoms with van der Waals surface area (Å²) in [6, 6.07) is 19.6. The number of hydrogen-bond acceptors (Lipinski definition) is 4. The van der Waals surface area contributed by atoms with Crippen molar-refractivity contribution in [3.05, 3.63) is 77.9 Å². The van der Waals surface area contributed by atoms with E-state index in [9.17, 15) is 18.0 Å². The van der Waals surface area contributed by atoms with E-state index in [-0.39, 0.29) is 12.5 Å². The van der Waals surface area contributed by atoms with Crippen LogP contribution in [0, 0.1) is 6.92 Å². The monoisotopic (exact) mass is 467 g/mol. The molecule has 0 saturated carbocycles. The third kappa shape index (κ3) is 5.70. The Morgan fingerprint density at radius 2 is 1.67 bits per heavy atom. The van der Waals surface area contributed by atoms with Crippen LogP contribution in [0.3, 0.4) is 0 Å². The van der Waals surface area contributed by atoms with Gasteiger partial charge in [-0.1, -0.05) is 66.2 Å². The van der Waals surface area contributed by atoms with Gasteiger partial charge in [0.15, 0.2) is 0 Å². The number of nitrogens with one attached hydrogen (secondary N) is 1. The highest BCUT2D eigenvalue weighted by Gasteiger charge is 2.30. The van der Waals surface area contributed by atoms with Crippen molar-refractivity contribution in [2.24, 2.45) is 0 Å². The van der Waals surface area contributed by atoms with Gasteiger partial charge in [0.25, 0.3) is 0 Å². The zero-order valence-corrected chi connectivity index (χ0v) is 20.1. The fraction of sp³-hybridized carbons (Fsp3) is 0.280. The number of rotatable bonds is 8. The number of carbonyl (C=O) groups excluding carboxylic acids is 2. The standard InChI is InChI=1S/C25H29N3O4S/c1-18-9-7-10-20(15-18)16-27(19(2)25(30)26-3)24(29)17-28(33(4,31)32)23-14-8-12-21-11-5-6-13-22(21)23/h5-15,19H,16-17H2,1-4H3,(H,26,30)/t19-/m0/s1. The number of likely N-dealkylation sites (N-methyl/N-ethyl adjacent to an activating group) is 1. The number of hydrogen-bond donors (Lipinski definition) is 1. The predicted molar refractivity (Wildman–Crippen MR) is 131 cm³/mol. The summed E-state index contributed by atoms with van der Waals surface area (Å²) in [5.74, 6) is -0.793. The summed E-state index contributed by atoms with van der Waals surface area (Å²) in [5.41, 5.74) is 2.31. The summed E-state index contributed by atoms with van der Waals surface area (Å²) in [7, 11) is -2.28. The van der Waals surface area contributed by atoms with Gasteiger partial charge in [-0.2, -0.15) is 0 Å². The molecule has 0 aliphatic heterocycles. The van der Waals surface area contributed by atoms with Gasteiger partial charge in [0.05, 0.1) is 11.9 Å². The molecule has 3 aromatic rings. The maximum atomic E-state index is 13.5. The SMILES string of the molecule is CNC(=O)[C@H](C)N(Cc1cccc(C)c1)C(=O)CN(c1cccc2ccccc12)S(C)(=O)=O. The number of carbonyl (C=O) groups is 2. The number of benzene rings is 3. The highest BCUT2D eigenvalue weighted by atomic mass is 32.2. The lowest BCUT2D eigenvalue weighted by Crippen LogP contribution is -2.50. The van der Waals surface area contributed by atoms with Crippen LogP contribution in [0.5, 0.6) is 0 Å². The average Bonchev–Trinajstić information content (AvgIpc) is 2.79. The first-order valence-corrected chi connectivity index (χ1v) is 12.5. The molecule has 174 valence electrons. The summed E-state index contributed by atoms with van der Waals surface area (Å²) >= 11 is 0. The van der Waals surface area contributed by atoms with Crippen LogP contribution in [0.1, 0.15) is 18.1 Å². The van der Waals surface area contributed by atoms with E-state index in [0.717, 1.165) is 32.5 Å². The summed E-state index contributed by atoms with van der Waals surface area (Å²) in [6.45, 7) is 3.35. The van der Waals surface area contributed by atoms with E-state index < -0.39 is 28.5 Å². The van der Waals surface area contributed by atoms with Gasteiger partial charge in [0.2, 0.25) is 21.8 Å². The molecule has 1 atom stereocenters. The van der Waals surface area contributed by atoms with Crippen molar-refractivity contribution in [2.75, 3.05) is 24.2 Å². The van der Waals surface area contributed by atoms with Crippen molar-refractivity contribution in [2.45, 2.75) is 26.4 Å². The number of nitrogens with zero attached hydrogens (tertiary/aromatic N) is 2. The maximum absolute atomic E-state index is 13.5. The summed E-state index contributed by atoms with van der Waals surface area (Å²) in [6.07, 6.45) is 1.08. The normalized spacial score (nSPS) is 12.2. The summed E-state index contributed by atoms with van der Waals surface area (Å²) < 4.78 is 26.7. The third-order valence-electron chi connectivity index (χ3n) is 5.56. The van der Waals surface area contributed by atoms with E-state index in [1.807, 2.05) is 61.5 Å². The predicted octanol–water partition coefficient (Wildman–Crippen LogP) is 3.08. The molecule has 0 saturated heterocycles. The van der Waals surface area contributed by atoms with Crippen LogP contribution in [0.25, 0.3) is 10.8 Å². The number of sulfonamides is 1. The lowest BCUT2D eigenvalue weighted by atomic mass is 10.1. The van der Waals surface area contributed by atoms with Gasteiger partial charge in [0.1, 0.15) is 12.6 Å². The van der Waals surface area contributed by atoms with Crippen LogP contribution < -0.4 is 9.62 Å². The highest BCUT2D eigenvalue weighted by molar-refractivity contribution is 7.92. The molecule has 0 spiro atoms. The van der Waals surface area contributed by atoms with Crippen LogP contribution in [0.4, 0.5) is 5.69 Å². The second-order valence-corrected chi connectivity index (χ2v) is 9.98. The fourth-order valence-corrected chi connectivity index (χ4v) is 4.68. The van der Waals surface area contributed by atoms with Crippen LogP contribution in [0.2, 0.25) is 0 Å². The van der Waals surface area contributed by atoms with E-state index in [0.29, 0.717) is 5.69 Å². The van der Waals surface area contributed by atoms with Crippen molar-refractivity contribution in [1.29, 1.82) is 0 Å². The molecular weight excluding hydrogens is 438 g/mol. The first kappa shape index (κ1) is 24.3. The molecule has 0 fully saturated rings. The molecule has 3 aromatic carbocycles. The molecular formula is C25H29N3O4S. The lowest BCUT2D eigenvalue weighted by molar-refractivity contribution is -0.139. The van der Waals surface area contributed by atoms with E-state index in [1.165, 1.54) is 11.9 Å². The first-order valence-electron chi connectivity index (χ1n) is 10.6. The van der Waals surface area contributed by atoms with E-state index in [1.54, 1.807) is 19.1 Å². The van der Waals surface area contributed by atoms with Gasteiger partial charge in [-0.3, -0.25) is 13.9 Å². The molecule has 33 heavy (non-hydrogen) atoms. The molecule has 0 aromatic heterocycles. The Morgan fingerprint density at radius 1 is 1.00 bits per heavy atom. The Morgan fingerprint density at radius 3 is 2.33 bits per heavy atom. The molecule has 0 bridgehead atoms. The van der Waals surface area contributed by atoms with E-state index >= 15 is 0 Å². The molecule has 8 heteroatoms. The number of anilines is 1. The fourth-order valence-electron chi connectivity index (χ4n) is 3.82. The Balaban J connectivity index is 2.00. The van der Waals surface area contributed by atoms with Gasteiger partial charge < -0.3 is 10.2 Å². The Bertz CT molecular complexity index is 1270. The van der Waals surface area contributed by atoms with Crippen molar-refractivity contribution in [1.82, 2.24) is 10.2 Å². The molecule has 0 aliphatic carbocycles. The minimum Gasteiger partial charge on any atom is -0.357 e. The van der Waals surface area contributed by atoms with Gasteiger partial charge in [0, 0.05) is 19.0 Å². The largest absolute Gasteiger partial charge is 0.357 e. The third-order valence-corrected chi connectivity index (χ3v) is 6.69. The quantitative estimate of drug-likeness (QED) is 0.552. The van der Waals surface area contributed by atoms with Crippen LogP contribution in [-0.2, 0) is 26.2 Å². The van der Waals surface area contributed by atoms with Gasteiger partial charge >= 0.3 is 0 Å². The second-order valence-electron chi connectivity index (χ2n) is 8.07. The second kappa shape index (κ2) is 10.0. The van der Waals surface area contributed by atoms with Gasteiger partial charge in [-0.15, -0.1) is 0 Å². The molecule has 0 aliphatic rings. The average molecular weight is 468 g/mol.